The maximum Gasteiger partial charge on any atom is 0.226 e. The summed E-state index contributed by atoms with van der Waals surface area (Å²) in [5.41, 5.74) is 8.32. The number of oxazole rings is 1. The normalized spacial score (nSPS) is 17.6. The molecule has 7 heteroatoms. The molecule has 0 aliphatic carbocycles. The van der Waals surface area contributed by atoms with Crippen molar-refractivity contribution in [3.05, 3.63) is 41.8 Å². The molecule has 1 saturated heterocycles. The van der Waals surface area contributed by atoms with E-state index < -0.39 is 0 Å². The van der Waals surface area contributed by atoms with Crippen LogP contribution in [0.2, 0.25) is 0 Å². The van der Waals surface area contributed by atoms with E-state index in [-0.39, 0.29) is 11.8 Å². The van der Waals surface area contributed by atoms with Crippen molar-refractivity contribution in [3.63, 3.8) is 0 Å². The number of carbonyl (C=O) groups is 1. The number of rotatable bonds is 6. The molecule has 1 amide bonds. The molecule has 3 N–H and O–H groups in total. The van der Waals surface area contributed by atoms with Gasteiger partial charge in [-0.2, -0.15) is 0 Å². The molecule has 1 aliphatic rings. The number of benzene rings is 1. The molecule has 2 aromatic rings. The zero-order valence-electron chi connectivity index (χ0n) is 16.6. The van der Waals surface area contributed by atoms with E-state index in [2.05, 4.69) is 22.1 Å². The summed E-state index contributed by atoms with van der Waals surface area (Å²) in [6.07, 6.45) is 4.15. The number of primary amides is 1. The number of nitrogens with one attached hydrogen (secondary N) is 1. The number of piperidine rings is 1. The Hall–Kier alpha value is -2.83. The zero-order valence-corrected chi connectivity index (χ0v) is 16.6. The van der Waals surface area contributed by atoms with Gasteiger partial charge in [0.2, 0.25) is 11.8 Å². The van der Waals surface area contributed by atoms with Gasteiger partial charge >= 0.3 is 0 Å². The number of nitrogens with two attached hydrogens (primary N) is 1. The van der Waals surface area contributed by atoms with Crippen molar-refractivity contribution in [3.8, 4) is 11.5 Å². The van der Waals surface area contributed by atoms with Crippen molar-refractivity contribution in [1.29, 1.82) is 0 Å². The smallest absolute Gasteiger partial charge is 0.226 e. The molecule has 0 radical (unpaired) electrons. The quantitative estimate of drug-likeness (QED) is 0.590. The predicted octanol–water partition coefficient (Wildman–Crippen LogP) is 2.70. The summed E-state index contributed by atoms with van der Waals surface area (Å²) in [5, 5.41) is 3.34. The van der Waals surface area contributed by atoms with Crippen LogP contribution in [0.25, 0.3) is 11.5 Å². The number of carbonyl (C=O) groups excluding carboxylic acids is 1. The van der Waals surface area contributed by atoms with E-state index in [1.54, 1.807) is 6.26 Å². The Balaban J connectivity index is 1.67. The Bertz CT molecular complexity index is 812. The number of nitrogens with zero attached hydrogens (tertiary/aromatic N) is 3. The van der Waals surface area contributed by atoms with Crippen molar-refractivity contribution < 1.29 is 9.21 Å². The number of likely N-dealkylation sites (tertiary alicyclic amines) is 1. The van der Waals surface area contributed by atoms with Crippen LogP contribution in [-0.2, 0) is 11.3 Å². The van der Waals surface area contributed by atoms with E-state index in [4.69, 9.17) is 15.1 Å². The second-order valence-electron chi connectivity index (χ2n) is 7.30. The molecule has 3 rings (SSSR count). The number of hydrogen-bond donors (Lipinski definition) is 2. The first-order chi connectivity index (χ1) is 13.5. The third-order valence-electron chi connectivity index (χ3n) is 4.88. The van der Waals surface area contributed by atoms with Crippen LogP contribution in [0.1, 0.15) is 37.4 Å². The molecule has 1 aromatic carbocycles. The molecule has 150 valence electrons. The van der Waals surface area contributed by atoms with Crippen LogP contribution in [0.4, 0.5) is 0 Å². The lowest BCUT2D eigenvalue weighted by molar-refractivity contribution is -0.119. The Morgan fingerprint density at radius 1 is 1.39 bits per heavy atom. The van der Waals surface area contributed by atoms with Gasteiger partial charge in [0.1, 0.15) is 12.0 Å². The van der Waals surface area contributed by atoms with Gasteiger partial charge in [-0.05, 0) is 44.7 Å². The summed E-state index contributed by atoms with van der Waals surface area (Å²) >= 11 is 0. The van der Waals surface area contributed by atoms with E-state index in [0.29, 0.717) is 18.9 Å². The highest BCUT2D eigenvalue weighted by molar-refractivity contribution is 5.80. The van der Waals surface area contributed by atoms with Crippen molar-refractivity contribution >= 4 is 11.9 Å². The van der Waals surface area contributed by atoms with E-state index in [0.717, 1.165) is 49.7 Å². The molecular weight excluding hydrogens is 354 g/mol. The van der Waals surface area contributed by atoms with Crippen molar-refractivity contribution in [2.75, 3.05) is 19.6 Å². The molecule has 7 nitrogen and oxygen atoms in total. The van der Waals surface area contributed by atoms with E-state index in [9.17, 15) is 4.79 Å². The zero-order chi connectivity index (χ0) is 19.9. The Morgan fingerprint density at radius 2 is 2.18 bits per heavy atom. The van der Waals surface area contributed by atoms with Crippen LogP contribution in [0.5, 0.6) is 0 Å². The Morgan fingerprint density at radius 3 is 2.89 bits per heavy atom. The monoisotopic (exact) mass is 383 g/mol. The third-order valence-corrected chi connectivity index (χ3v) is 4.88. The highest BCUT2D eigenvalue weighted by Gasteiger charge is 2.23. The lowest BCUT2D eigenvalue weighted by Gasteiger charge is -2.34. The Labute approximate surface area is 166 Å². The molecule has 1 atom stereocenters. The number of aryl methyl sites for hydroxylation is 1. The lowest BCUT2D eigenvalue weighted by Crippen LogP contribution is -2.47. The number of aliphatic imine (C=N–C) groups is 1. The number of hydrogen-bond acceptors (Lipinski definition) is 4. The summed E-state index contributed by atoms with van der Waals surface area (Å²) in [7, 11) is 0. The first-order valence-corrected chi connectivity index (χ1v) is 9.88. The molecule has 1 fully saturated rings. The summed E-state index contributed by atoms with van der Waals surface area (Å²) < 4.78 is 5.62. The van der Waals surface area contributed by atoms with Crippen LogP contribution >= 0.6 is 0 Å². The van der Waals surface area contributed by atoms with Crippen LogP contribution in [0, 0.1) is 12.8 Å². The van der Waals surface area contributed by atoms with E-state index in [1.165, 1.54) is 5.56 Å². The molecule has 1 unspecified atom stereocenters. The fourth-order valence-electron chi connectivity index (χ4n) is 3.50. The molecule has 1 aromatic heterocycles. The van der Waals surface area contributed by atoms with Crippen LogP contribution < -0.4 is 11.1 Å². The molecule has 0 saturated carbocycles. The highest BCUT2D eigenvalue weighted by Crippen LogP contribution is 2.21. The van der Waals surface area contributed by atoms with Gasteiger partial charge in [0.25, 0.3) is 0 Å². The lowest BCUT2D eigenvalue weighted by atomic mass is 9.95. The minimum absolute atomic E-state index is 0.236. The number of guanidine groups is 1. The Kier molecular flexibility index (Phi) is 6.68. The van der Waals surface area contributed by atoms with Crippen molar-refractivity contribution in [1.82, 2.24) is 15.2 Å². The van der Waals surface area contributed by atoms with Gasteiger partial charge in [-0.1, -0.05) is 17.7 Å². The van der Waals surface area contributed by atoms with Gasteiger partial charge < -0.3 is 20.4 Å². The SMILES string of the molecule is CCNC(=NCc1coc(-c2ccc(C)cc2)n1)N1CCCC(CC(N)=O)C1. The maximum absolute atomic E-state index is 11.3. The van der Waals surface area contributed by atoms with Crippen LogP contribution in [-0.4, -0.2) is 41.4 Å². The predicted molar refractivity (Wildman–Crippen MR) is 110 cm³/mol. The van der Waals surface area contributed by atoms with Gasteiger partial charge in [0.05, 0.1) is 6.54 Å². The molecule has 0 bridgehead atoms. The van der Waals surface area contributed by atoms with Crippen molar-refractivity contribution in [2.24, 2.45) is 16.6 Å². The summed E-state index contributed by atoms with van der Waals surface area (Å²) in [6.45, 7) is 7.04. The fourth-order valence-corrected chi connectivity index (χ4v) is 3.50. The molecule has 0 spiro atoms. The summed E-state index contributed by atoms with van der Waals surface area (Å²) in [4.78, 5) is 22.8. The molecule has 2 heterocycles. The minimum atomic E-state index is -0.236. The van der Waals surface area contributed by atoms with E-state index in [1.807, 2.05) is 31.2 Å². The fraction of sp³-hybridized carbons (Fsp3) is 0.476. The summed E-state index contributed by atoms with van der Waals surface area (Å²) in [5.74, 6) is 1.50. The molecular formula is C21H29N5O2. The molecule has 28 heavy (non-hydrogen) atoms. The largest absolute Gasteiger partial charge is 0.444 e. The van der Waals surface area contributed by atoms with Crippen LogP contribution in [0.3, 0.4) is 0 Å². The second kappa shape index (κ2) is 9.39. The van der Waals surface area contributed by atoms with Crippen LogP contribution in [0.15, 0.2) is 39.9 Å². The summed E-state index contributed by atoms with van der Waals surface area (Å²) in [6, 6.07) is 8.09. The van der Waals surface area contributed by atoms with E-state index >= 15 is 0 Å². The third kappa shape index (κ3) is 5.34. The maximum atomic E-state index is 11.3. The standard InChI is InChI=1S/C21H29N5O2/c1-3-23-21(26-10-4-5-16(13-26)11-19(22)27)24-12-18-14-28-20(25-18)17-8-6-15(2)7-9-17/h6-9,14,16H,3-5,10-13H2,1-2H3,(H2,22,27)(H,23,24). The average molecular weight is 383 g/mol. The van der Waals surface area contributed by atoms with Gasteiger partial charge in [-0.25, -0.2) is 9.98 Å². The topological polar surface area (TPSA) is 96.8 Å². The minimum Gasteiger partial charge on any atom is -0.444 e. The number of amides is 1. The first-order valence-electron chi connectivity index (χ1n) is 9.88. The van der Waals surface area contributed by atoms with Gasteiger partial charge in [0.15, 0.2) is 5.96 Å². The van der Waals surface area contributed by atoms with Gasteiger partial charge in [0, 0.05) is 31.6 Å². The first kappa shape index (κ1) is 19.9. The van der Waals surface area contributed by atoms with Gasteiger partial charge in [-0.3, -0.25) is 4.79 Å². The number of aromatic nitrogens is 1. The van der Waals surface area contributed by atoms with Crippen molar-refractivity contribution in [2.45, 2.75) is 39.7 Å². The highest BCUT2D eigenvalue weighted by atomic mass is 16.3. The second-order valence-corrected chi connectivity index (χ2v) is 7.30. The van der Waals surface area contributed by atoms with Gasteiger partial charge in [-0.15, -0.1) is 0 Å². The molecule has 1 aliphatic heterocycles. The average Bonchev–Trinajstić information content (AvgIpc) is 3.14.